The SMILES string of the molecule is CSCCCN(C)Cc1csc(CNC(C)C)n1. The maximum Gasteiger partial charge on any atom is 0.107 e. The molecular formula is C13H25N3S2. The summed E-state index contributed by atoms with van der Waals surface area (Å²) in [7, 11) is 2.17. The van der Waals surface area contributed by atoms with Crippen LogP contribution in [0.4, 0.5) is 0 Å². The number of thioether (sulfide) groups is 1. The molecule has 0 saturated heterocycles. The molecule has 0 amide bonds. The van der Waals surface area contributed by atoms with Gasteiger partial charge in [0.25, 0.3) is 0 Å². The van der Waals surface area contributed by atoms with Crippen molar-refractivity contribution in [1.29, 1.82) is 0 Å². The quantitative estimate of drug-likeness (QED) is 0.707. The molecule has 1 rings (SSSR count). The highest BCUT2D eigenvalue weighted by molar-refractivity contribution is 7.98. The molecule has 0 aliphatic carbocycles. The van der Waals surface area contributed by atoms with E-state index in [0.717, 1.165) is 19.6 Å². The van der Waals surface area contributed by atoms with Gasteiger partial charge in [0.05, 0.1) is 5.69 Å². The second kappa shape index (κ2) is 8.91. The highest BCUT2D eigenvalue weighted by Gasteiger charge is 2.05. The van der Waals surface area contributed by atoms with E-state index in [-0.39, 0.29) is 0 Å². The van der Waals surface area contributed by atoms with Gasteiger partial charge in [-0.3, -0.25) is 0 Å². The summed E-state index contributed by atoms with van der Waals surface area (Å²) >= 11 is 3.67. The molecule has 3 nitrogen and oxygen atoms in total. The fraction of sp³-hybridized carbons (Fsp3) is 0.769. The van der Waals surface area contributed by atoms with Gasteiger partial charge < -0.3 is 10.2 Å². The molecule has 1 aromatic heterocycles. The molecule has 0 bridgehead atoms. The highest BCUT2D eigenvalue weighted by atomic mass is 32.2. The van der Waals surface area contributed by atoms with Crippen molar-refractivity contribution < 1.29 is 0 Å². The first-order valence-electron chi connectivity index (χ1n) is 6.46. The van der Waals surface area contributed by atoms with Gasteiger partial charge in [0, 0.05) is 24.5 Å². The summed E-state index contributed by atoms with van der Waals surface area (Å²) < 4.78 is 0. The fourth-order valence-electron chi connectivity index (χ4n) is 1.63. The first-order chi connectivity index (χ1) is 8.61. The summed E-state index contributed by atoms with van der Waals surface area (Å²) in [5.41, 5.74) is 1.20. The van der Waals surface area contributed by atoms with Crippen molar-refractivity contribution in [2.45, 2.75) is 39.4 Å². The molecule has 0 atom stereocenters. The van der Waals surface area contributed by atoms with E-state index in [0.29, 0.717) is 6.04 Å². The van der Waals surface area contributed by atoms with E-state index < -0.39 is 0 Å². The van der Waals surface area contributed by atoms with Crippen LogP contribution in [0.15, 0.2) is 5.38 Å². The Morgan fingerprint density at radius 3 is 2.94 bits per heavy atom. The van der Waals surface area contributed by atoms with Crippen LogP contribution in [0.25, 0.3) is 0 Å². The molecule has 0 radical (unpaired) electrons. The molecule has 1 aromatic rings. The number of rotatable bonds is 9. The van der Waals surface area contributed by atoms with Crippen molar-refractivity contribution in [3.05, 3.63) is 16.1 Å². The Morgan fingerprint density at radius 1 is 1.50 bits per heavy atom. The summed E-state index contributed by atoms with van der Waals surface area (Å²) in [4.78, 5) is 7.01. The van der Waals surface area contributed by atoms with Crippen molar-refractivity contribution >= 4 is 23.1 Å². The van der Waals surface area contributed by atoms with Crippen LogP contribution in [0.1, 0.15) is 31.0 Å². The maximum atomic E-state index is 4.66. The lowest BCUT2D eigenvalue weighted by Gasteiger charge is -2.14. The highest BCUT2D eigenvalue weighted by Crippen LogP contribution is 2.11. The summed E-state index contributed by atoms with van der Waals surface area (Å²) in [5, 5.41) is 6.78. The molecule has 0 unspecified atom stereocenters. The zero-order valence-electron chi connectivity index (χ0n) is 11.9. The van der Waals surface area contributed by atoms with Gasteiger partial charge in [0.1, 0.15) is 5.01 Å². The Labute approximate surface area is 119 Å². The van der Waals surface area contributed by atoms with E-state index in [1.165, 1.54) is 22.9 Å². The minimum Gasteiger partial charge on any atom is -0.308 e. The van der Waals surface area contributed by atoms with Crippen molar-refractivity contribution in [1.82, 2.24) is 15.2 Å². The molecule has 104 valence electrons. The average molecular weight is 287 g/mol. The van der Waals surface area contributed by atoms with Crippen LogP contribution in [-0.2, 0) is 13.1 Å². The zero-order chi connectivity index (χ0) is 13.4. The van der Waals surface area contributed by atoms with Gasteiger partial charge in [-0.2, -0.15) is 11.8 Å². The molecular weight excluding hydrogens is 262 g/mol. The predicted octanol–water partition coefficient (Wildman–Crippen LogP) is 2.83. The number of nitrogens with one attached hydrogen (secondary N) is 1. The van der Waals surface area contributed by atoms with Gasteiger partial charge in [-0.05, 0) is 32.0 Å². The lowest BCUT2D eigenvalue weighted by molar-refractivity contribution is 0.325. The largest absolute Gasteiger partial charge is 0.308 e. The number of thiazole rings is 1. The molecule has 0 aromatic carbocycles. The van der Waals surface area contributed by atoms with Gasteiger partial charge in [0.15, 0.2) is 0 Å². The Bertz CT molecular complexity index is 326. The molecule has 0 aliphatic heterocycles. The van der Waals surface area contributed by atoms with E-state index >= 15 is 0 Å². The van der Waals surface area contributed by atoms with E-state index in [4.69, 9.17) is 0 Å². The van der Waals surface area contributed by atoms with Crippen LogP contribution >= 0.6 is 23.1 Å². The van der Waals surface area contributed by atoms with Gasteiger partial charge in [-0.25, -0.2) is 4.98 Å². The number of nitrogens with zero attached hydrogens (tertiary/aromatic N) is 2. The summed E-state index contributed by atoms with van der Waals surface area (Å²) in [6.45, 7) is 7.32. The Hall–Kier alpha value is -0.100. The van der Waals surface area contributed by atoms with E-state index in [2.05, 4.69) is 47.7 Å². The van der Waals surface area contributed by atoms with E-state index in [1.807, 2.05) is 11.8 Å². The maximum absolute atomic E-state index is 4.66. The first-order valence-corrected chi connectivity index (χ1v) is 8.73. The minimum atomic E-state index is 0.520. The van der Waals surface area contributed by atoms with Crippen molar-refractivity contribution in [3.63, 3.8) is 0 Å². The van der Waals surface area contributed by atoms with Crippen molar-refractivity contribution in [2.24, 2.45) is 0 Å². The third-order valence-electron chi connectivity index (χ3n) is 2.58. The van der Waals surface area contributed by atoms with E-state index in [1.54, 1.807) is 11.3 Å². The zero-order valence-corrected chi connectivity index (χ0v) is 13.5. The first kappa shape index (κ1) is 16.0. The van der Waals surface area contributed by atoms with Gasteiger partial charge in [-0.15, -0.1) is 11.3 Å². The van der Waals surface area contributed by atoms with Gasteiger partial charge in [-0.1, -0.05) is 13.8 Å². The molecule has 1 N–H and O–H groups in total. The lowest BCUT2D eigenvalue weighted by atomic mass is 10.4. The van der Waals surface area contributed by atoms with E-state index in [9.17, 15) is 0 Å². The third-order valence-corrected chi connectivity index (χ3v) is 4.18. The Kier molecular flexibility index (Phi) is 7.90. The van der Waals surface area contributed by atoms with Crippen LogP contribution in [0.3, 0.4) is 0 Å². The Morgan fingerprint density at radius 2 is 2.28 bits per heavy atom. The molecule has 18 heavy (non-hydrogen) atoms. The number of aromatic nitrogens is 1. The standard InChI is InChI=1S/C13H25N3S2/c1-11(2)14-8-13-15-12(10-18-13)9-16(3)6-5-7-17-4/h10-11,14H,5-9H2,1-4H3. The minimum absolute atomic E-state index is 0.520. The van der Waals surface area contributed by atoms with Crippen LogP contribution in [0.5, 0.6) is 0 Å². The summed E-state index contributed by atoms with van der Waals surface area (Å²) in [6.07, 6.45) is 3.41. The molecule has 0 saturated carbocycles. The topological polar surface area (TPSA) is 28.2 Å². The smallest absolute Gasteiger partial charge is 0.107 e. The van der Waals surface area contributed by atoms with Crippen LogP contribution in [-0.4, -0.2) is 41.5 Å². The number of hydrogen-bond donors (Lipinski definition) is 1. The monoisotopic (exact) mass is 287 g/mol. The molecule has 0 aliphatic rings. The molecule has 5 heteroatoms. The summed E-state index contributed by atoms with van der Waals surface area (Å²) in [5.74, 6) is 1.24. The molecule has 1 heterocycles. The lowest BCUT2D eigenvalue weighted by Crippen LogP contribution is -2.22. The third kappa shape index (κ3) is 6.73. The van der Waals surface area contributed by atoms with Crippen molar-refractivity contribution in [3.8, 4) is 0 Å². The van der Waals surface area contributed by atoms with Crippen LogP contribution in [0.2, 0.25) is 0 Å². The fourth-order valence-corrected chi connectivity index (χ4v) is 2.78. The second-order valence-corrected chi connectivity index (χ2v) is 6.78. The molecule has 0 fully saturated rings. The second-order valence-electron chi connectivity index (χ2n) is 4.85. The Balaban J connectivity index is 2.29. The van der Waals surface area contributed by atoms with Crippen LogP contribution in [0, 0.1) is 0 Å². The average Bonchev–Trinajstić information content (AvgIpc) is 2.74. The molecule has 0 spiro atoms. The summed E-state index contributed by atoms with van der Waals surface area (Å²) in [6, 6.07) is 0.520. The van der Waals surface area contributed by atoms with Crippen LogP contribution < -0.4 is 5.32 Å². The van der Waals surface area contributed by atoms with Crippen molar-refractivity contribution in [2.75, 3.05) is 25.6 Å². The normalized spacial score (nSPS) is 11.7. The van der Waals surface area contributed by atoms with Gasteiger partial charge in [0.2, 0.25) is 0 Å². The van der Waals surface area contributed by atoms with Gasteiger partial charge >= 0.3 is 0 Å². The predicted molar refractivity (Wildman–Crippen MR) is 83.4 cm³/mol. The number of hydrogen-bond acceptors (Lipinski definition) is 5.